The summed E-state index contributed by atoms with van der Waals surface area (Å²) in [5, 5.41) is 13.3. The zero-order valence-electron chi connectivity index (χ0n) is 8.67. The Morgan fingerprint density at radius 3 is 3.06 bits per heavy atom. The minimum atomic E-state index is -0.873. The lowest BCUT2D eigenvalue weighted by molar-refractivity contribution is 0.0173. The zero-order valence-corrected chi connectivity index (χ0v) is 9.49. The molecule has 86 valence electrons. The van der Waals surface area contributed by atoms with Crippen molar-refractivity contribution < 1.29 is 5.11 Å². The van der Waals surface area contributed by atoms with Crippen LogP contribution in [0.1, 0.15) is 37.2 Å². The number of fused-ring (bicyclic) bond motifs is 4. The molecule has 0 radical (unpaired) electrons. The number of hydrogen-bond donors (Lipinski definition) is 4. The Kier molecular flexibility index (Phi) is 1.99. The Balaban J connectivity index is 2.22. The number of aromatic nitrogens is 2. The molecule has 4 N–H and O–H groups in total. The van der Waals surface area contributed by atoms with E-state index in [9.17, 15) is 9.90 Å². The highest BCUT2D eigenvalue weighted by Gasteiger charge is 2.41. The summed E-state index contributed by atoms with van der Waals surface area (Å²) >= 11 is 4.92. The Morgan fingerprint density at radius 1 is 1.44 bits per heavy atom. The molecule has 16 heavy (non-hydrogen) atoms. The SMILES string of the molecule is O=c1[nH]c(=S)[nH]c2c1[C@@H]1CCC[C@@](O)(C1)N2. The lowest BCUT2D eigenvalue weighted by atomic mass is 9.77. The highest BCUT2D eigenvalue weighted by atomic mass is 32.1. The van der Waals surface area contributed by atoms with Crippen molar-refractivity contribution in [1.29, 1.82) is 0 Å². The van der Waals surface area contributed by atoms with Gasteiger partial charge in [0.15, 0.2) is 4.77 Å². The second-order valence-electron chi connectivity index (χ2n) is 4.65. The van der Waals surface area contributed by atoms with Crippen molar-refractivity contribution >= 4 is 18.0 Å². The molecule has 1 fully saturated rings. The molecule has 5 nitrogen and oxygen atoms in total. The van der Waals surface area contributed by atoms with E-state index in [1.807, 2.05) is 0 Å². The van der Waals surface area contributed by atoms with Crippen LogP contribution in [0, 0.1) is 4.77 Å². The second-order valence-corrected chi connectivity index (χ2v) is 5.06. The standard InChI is InChI=1S/C10H13N3O2S/c14-8-6-5-2-1-3-10(15,4-5)13-7(6)11-9(16)12-8/h5,15H,1-4H2,(H3,11,12,13,14,16)/t5-,10-/m1/s1. The van der Waals surface area contributed by atoms with Gasteiger partial charge in [-0.05, 0) is 37.4 Å². The largest absolute Gasteiger partial charge is 0.371 e. The first kappa shape index (κ1) is 10.0. The summed E-state index contributed by atoms with van der Waals surface area (Å²) in [7, 11) is 0. The molecule has 1 aliphatic heterocycles. The van der Waals surface area contributed by atoms with Gasteiger partial charge in [0, 0.05) is 6.42 Å². The van der Waals surface area contributed by atoms with Crippen LogP contribution < -0.4 is 10.9 Å². The Bertz CT molecular complexity index is 550. The lowest BCUT2D eigenvalue weighted by Crippen LogP contribution is -2.47. The molecule has 6 heteroatoms. The van der Waals surface area contributed by atoms with Gasteiger partial charge in [-0.25, -0.2) is 0 Å². The summed E-state index contributed by atoms with van der Waals surface area (Å²) in [5.41, 5.74) is -0.305. The van der Waals surface area contributed by atoms with Gasteiger partial charge in [0.1, 0.15) is 11.5 Å². The van der Waals surface area contributed by atoms with Crippen LogP contribution in [0.5, 0.6) is 0 Å². The highest BCUT2D eigenvalue weighted by molar-refractivity contribution is 7.71. The molecule has 2 atom stereocenters. The summed E-state index contributed by atoms with van der Waals surface area (Å²) in [4.78, 5) is 17.3. The third kappa shape index (κ3) is 1.41. The van der Waals surface area contributed by atoms with E-state index in [-0.39, 0.29) is 11.5 Å². The number of anilines is 1. The quantitative estimate of drug-likeness (QED) is 0.513. The van der Waals surface area contributed by atoms with Gasteiger partial charge in [-0.3, -0.25) is 9.78 Å². The monoisotopic (exact) mass is 239 g/mol. The van der Waals surface area contributed by atoms with Crippen LogP contribution in [-0.4, -0.2) is 20.8 Å². The molecule has 0 amide bonds. The van der Waals surface area contributed by atoms with E-state index in [0.717, 1.165) is 19.3 Å². The number of aliphatic hydroxyl groups is 1. The van der Waals surface area contributed by atoms with E-state index < -0.39 is 5.72 Å². The number of rotatable bonds is 0. The van der Waals surface area contributed by atoms with Crippen LogP contribution in [0.25, 0.3) is 0 Å². The fraction of sp³-hybridized carbons (Fsp3) is 0.600. The minimum Gasteiger partial charge on any atom is -0.371 e. The van der Waals surface area contributed by atoms with Crippen molar-refractivity contribution in [3.05, 3.63) is 20.7 Å². The Morgan fingerprint density at radius 2 is 2.25 bits per heavy atom. The molecular formula is C10H13N3O2S. The van der Waals surface area contributed by atoms with Gasteiger partial charge in [-0.2, -0.15) is 0 Å². The Hall–Kier alpha value is -1.14. The molecule has 0 saturated heterocycles. The fourth-order valence-electron chi connectivity index (χ4n) is 2.83. The van der Waals surface area contributed by atoms with Crippen molar-refractivity contribution in [1.82, 2.24) is 9.97 Å². The molecule has 2 aliphatic rings. The van der Waals surface area contributed by atoms with E-state index in [2.05, 4.69) is 15.3 Å². The van der Waals surface area contributed by atoms with E-state index in [0.29, 0.717) is 22.6 Å². The van der Waals surface area contributed by atoms with Crippen LogP contribution in [0.15, 0.2) is 4.79 Å². The second kappa shape index (κ2) is 3.18. The molecule has 1 aromatic heterocycles. The summed E-state index contributed by atoms with van der Waals surface area (Å²) in [6.45, 7) is 0. The smallest absolute Gasteiger partial charge is 0.257 e. The molecule has 3 rings (SSSR count). The summed E-state index contributed by atoms with van der Waals surface area (Å²) < 4.78 is 0.292. The van der Waals surface area contributed by atoms with E-state index >= 15 is 0 Å². The molecule has 1 saturated carbocycles. The lowest BCUT2D eigenvalue weighted by Gasteiger charge is -2.42. The van der Waals surface area contributed by atoms with Crippen molar-refractivity contribution in [3.8, 4) is 0 Å². The van der Waals surface area contributed by atoms with Crippen molar-refractivity contribution in [2.24, 2.45) is 0 Å². The Labute approximate surface area is 96.9 Å². The molecule has 2 heterocycles. The maximum absolute atomic E-state index is 11.8. The van der Waals surface area contributed by atoms with Crippen molar-refractivity contribution in [3.63, 3.8) is 0 Å². The third-order valence-electron chi connectivity index (χ3n) is 3.47. The van der Waals surface area contributed by atoms with Gasteiger partial charge in [-0.15, -0.1) is 0 Å². The zero-order chi connectivity index (χ0) is 11.3. The molecule has 0 aromatic carbocycles. The summed E-state index contributed by atoms with van der Waals surface area (Å²) in [6.07, 6.45) is 3.21. The van der Waals surface area contributed by atoms with E-state index in [4.69, 9.17) is 12.2 Å². The fourth-order valence-corrected chi connectivity index (χ4v) is 3.02. The topological polar surface area (TPSA) is 80.9 Å². The van der Waals surface area contributed by atoms with E-state index in [1.54, 1.807) is 0 Å². The number of nitrogens with one attached hydrogen (secondary N) is 3. The maximum Gasteiger partial charge on any atom is 0.257 e. The molecule has 0 spiro atoms. The molecule has 2 bridgehead atoms. The summed E-state index contributed by atoms with van der Waals surface area (Å²) in [6, 6.07) is 0. The van der Waals surface area contributed by atoms with Crippen LogP contribution in [0.4, 0.5) is 5.82 Å². The first-order valence-corrected chi connectivity index (χ1v) is 5.85. The van der Waals surface area contributed by atoms with Crippen LogP contribution >= 0.6 is 12.2 Å². The maximum atomic E-state index is 11.8. The number of H-pyrrole nitrogens is 2. The predicted molar refractivity (Wildman–Crippen MR) is 62.0 cm³/mol. The highest BCUT2D eigenvalue weighted by Crippen LogP contribution is 2.43. The first-order chi connectivity index (χ1) is 7.57. The van der Waals surface area contributed by atoms with E-state index in [1.165, 1.54) is 0 Å². The van der Waals surface area contributed by atoms with Gasteiger partial charge < -0.3 is 15.4 Å². The predicted octanol–water partition coefficient (Wildman–Crippen LogP) is 1.20. The van der Waals surface area contributed by atoms with Crippen LogP contribution in [-0.2, 0) is 0 Å². The van der Waals surface area contributed by atoms with Crippen LogP contribution in [0.2, 0.25) is 0 Å². The normalized spacial score (nSPS) is 31.7. The molecule has 0 unspecified atom stereocenters. The molecular weight excluding hydrogens is 226 g/mol. The molecule has 1 aromatic rings. The number of aromatic amines is 2. The van der Waals surface area contributed by atoms with Gasteiger partial charge in [0.2, 0.25) is 0 Å². The van der Waals surface area contributed by atoms with Gasteiger partial charge >= 0.3 is 0 Å². The van der Waals surface area contributed by atoms with Crippen molar-refractivity contribution in [2.75, 3.05) is 5.32 Å². The summed E-state index contributed by atoms with van der Waals surface area (Å²) in [5.74, 6) is 0.720. The van der Waals surface area contributed by atoms with Gasteiger partial charge in [0.25, 0.3) is 5.56 Å². The third-order valence-corrected chi connectivity index (χ3v) is 3.68. The average Bonchev–Trinajstić information content (AvgIpc) is 2.14. The average molecular weight is 239 g/mol. The molecule has 1 aliphatic carbocycles. The van der Waals surface area contributed by atoms with Crippen LogP contribution in [0.3, 0.4) is 0 Å². The minimum absolute atomic E-state index is 0.130. The first-order valence-electron chi connectivity index (χ1n) is 5.44. The van der Waals surface area contributed by atoms with Gasteiger partial charge in [-0.1, -0.05) is 0 Å². The number of hydrogen-bond acceptors (Lipinski definition) is 4. The van der Waals surface area contributed by atoms with Crippen molar-refractivity contribution in [2.45, 2.75) is 37.3 Å². The van der Waals surface area contributed by atoms with Gasteiger partial charge in [0.05, 0.1) is 5.56 Å².